The molecule has 3 rings (SSSR count). The molecule has 160 valence electrons. The highest BCUT2D eigenvalue weighted by molar-refractivity contribution is 5.85. The van der Waals surface area contributed by atoms with Crippen LogP contribution in [0.25, 0.3) is 0 Å². The highest BCUT2D eigenvalue weighted by Gasteiger charge is 2.08. The first-order valence-corrected chi connectivity index (χ1v) is 9.96. The van der Waals surface area contributed by atoms with E-state index in [1.54, 1.807) is 7.11 Å². The Bertz CT molecular complexity index is 913. The lowest BCUT2D eigenvalue weighted by atomic mass is 10.1. The third-order valence-electron chi connectivity index (χ3n) is 4.66. The molecule has 0 unspecified atom stereocenters. The van der Waals surface area contributed by atoms with Crippen LogP contribution in [0.3, 0.4) is 0 Å². The van der Waals surface area contributed by atoms with Crippen LogP contribution in [0.4, 0.5) is 0 Å². The van der Waals surface area contributed by atoms with Gasteiger partial charge in [-0.15, -0.1) is 12.4 Å². The Morgan fingerprint density at radius 1 is 0.767 bits per heavy atom. The molecule has 0 amide bonds. The van der Waals surface area contributed by atoms with Gasteiger partial charge in [-0.1, -0.05) is 54.1 Å². The second-order valence-electron chi connectivity index (χ2n) is 6.90. The molecule has 0 bridgehead atoms. The highest BCUT2D eigenvalue weighted by Crippen LogP contribution is 2.29. The molecule has 0 aromatic heterocycles. The van der Waals surface area contributed by atoms with Crippen molar-refractivity contribution in [2.75, 3.05) is 13.7 Å². The van der Waals surface area contributed by atoms with E-state index in [9.17, 15) is 0 Å². The van der Waals surface area contributed by atoms with Crippen LogP contribution in [0.15, 0.2) is 66.7 Å². The first-order chi connectivity index (χ1) is 14.2. The van der Waals surface area contributed by atoms with Crippen LogP contribution in [-0.4, -0.2) is 13.7 Å². The minimum Gasteiger partial charge on any atom is -0.496 e. The Morgan fingerprint density at radius 3 is 2.23 bits per heavy atom. The van der Waals surface area contributed by atoms with Crippen molar-refractivity contribution in [1.82, 2.24) is 5.32 Å². The molecular weight excluding hydrogens is 398 g/mol. The maximum Gasteiger partial charge on any atom is 0.161 e. The van der Waals surface area contributed by atoms with Crippen LogP contribution in [-0.2, 0) is 19.7 Å². The fourth-order valence-corrected chi connectivity index (χ4v) is 3.09. The van der Waals surface area contributed by atoms with Crippen LogP contribution in [0.1, 0.15) is 29.2 Å². The van der Waals surface area contributed by atoms with E-state index < -0.39 is 0 Å². The van der Waals surface area contributed by atoms with Crippen LogP contribution in [0.5, 0.6) is 17.2 Å². The number of ether oxygens (including phenoxy) is 3. The van der Waals surface area contributed by atoms with Crippen LogP contribution in [0.2, 0.25) is 0 Å². The van der Waals surface area contributed by atoms with Gasteiger partial charge in [0, 0.05) is 18.7 Å². The van der Waals surface area contributed by atoms with E-state index in [0.717, 1.165) is 47.0 Å². The summed E-state index contributed by atoms with van der Waals surface area (Å²) in [7, 11) is 1.70. The van der Waals surface area contributed by atoms with Gasteiger partial charge in [0.15, 0.2) is 11.5 Å². The normalized spacial score (nSPS) is 10.2. The molecule has 1 N–H and O–H groups in total. The van der Waals surface area contributed by atoms with Crippen molar-refractivity contribution in [3.05, 3.63) is 89.0 Å². The SMILES string of the molecule is CCOc1cc(CNCc2ccccc2OC)ccc1OCc1ccc(C)cc1.Cl. The molecular formula is C25H30ClNO3. The molecule has 0 aliphatic carbocycles. The van der Waals surface area contributed by atoms with Crippen LogP contribution >= 0.6 is 12.4 Å². The largest absolute Gasteiger partial charge is 0.496 e. The van der Waals surface area contributed by atoms with Gasteiger partial charge in [0.05, 0.1) is 13.7 Å². The lowest BCUT2D eigenvalue weighted by Crippen LogP contribution is -2.13. The van der Waals surface area contributed by atoms with Crippen molar-refractivity contribution in [3.8, 4) is 17.2 Å². The van der Waals surface area contributed by atoms with Gasteiger partial charge in [-0.25, -0.2) is 0 Å². The topological polar surface area (TPSA) is 39.7 Å². The number of rotatable bonds is 10. The van der Waals surface area contributed by atoms with Gasteiger partial charge >= 0.3 is 0 Å². The Labute approximate surface area is 185 Å². The van der Waals surface area contributed by atoms with E-state index in [0.29, 0.717) is 13.2 Å². The zero-order chi connectivity index (χ0) is 20.5. The number of hydrogen-bond donors (Lipinski definition) is 1. The molecule has 4 nitrogen and oxygen atoms in total. The van der Waals surface area contributed by atoms with Crippen molar-refractivity contribution in [2.45, 2.75) is 33.5 Å². The van der Waals surface area contributed by atoms with E-state index in [1.165, 1.54) is 5.56 Å². The Morgan fingerprint density at radius 2 is 1.50 bits per heavy atom. The Balaban J connectivity index is 0.00000320. The molecule has 0 saturated heterocycles. The van der Waals surface area contributed by atoms with Gasteiger partial charge in [0.25, 0.3) is 0 Å². The van der Waals surface area contributed by atoms with E-state index >= 15 is 0 Å². The van der Waals surface area contributed by atoms with Gasteiger partial charge in [-0.05, 0) is 43.2 Å². The fourth-order valence-electron chi connectivity index (χ4n) is 3.09. The second kappa shape index (κ2) is 12.1. The number of para-hydroxylation sites is 1. The maximum absolute atomic E-state index is 6.01. The number of aryl methyl sites for hydroxylation is 1. The number of methoxy groups -OCH3 is 1. The summed E-state index contributed by atoms with van der Waals surface area (Å²) in [6.45, 7) is 6.65. The molecule has 3 aromatic carbocycles. The van der Waals surface area contributed by atoms with Crippen molar-refractivity contribution < 1.29 is 14.2 Å². The second-order valence-corrected chi connectivity index (χ2v) is 6.90. The molecule has 0 radical (unpaired) electrons. The predicted octanol–water partition coefficient (Wildman–Crippen LogP) is 5.69. The zero-order valence-corrected chi connectivity index (χ0v) is 18.6. The van der Waals surface area contributed by atoms with Gasteiger partial charge in [0.2, 0.25) is 0 Å². The summed E-state index contributed by atoms with van der Waals surface area (Å²) in [5.41, 5.74) is 4.67. The van der Waals surface area contributed by atoms with E-state index in [4.69, 9.17) is 14.2 Å². The number of benzene rings is 3. The number of halogens is 1. The van der Waals surface area contributed by atoms with Crippen molar-refractivity contribution in [3.63, 3.8) is 0 Å². The number of hydrogen-bond acceptors (Lipinski definition) is 4. The van der Waals surface area contributed by atoms with E-state index in [1.807, 2.05) is 37.3 Å². The summed E-state index contributed by atoms with van der Waals surface area (Å²) in [5.74, 6) is 2.44. The fraction of sp³-hybridized carbons (Fsp3) is 0.280. The van der Waals surface area contributed by atoms with Gasteiger partial charge in [0.1, 0.15) is 12.4 Å². The summed E-state index contributed by atoms with van der Waals surface area (Å²) in [6.07, 6.45) is 0. The average Bonchev–Trinajstić information content (AvgIpc) is 2.75. The molecule has 0 fully saturated rings. The minimum atomic E-state index is 0. The monoisotopic (exact) mass is 427 g/mol. The first-order valence-electron chi connectivity index (χ1n) is 9.96. The molecule has 0 atom stereocenters. The molecule has 30 heavy (non-hydrogen) atoms. The molecule has 0 aliphatic rings. The molecule has 0 heterocycles. The molecule has 0 aliphatic heterocycles. The predicted molar refractivity (Wildman–Crippen MR) is 124 cm³/mol. The Hall–Kier alpha value is -2.69. The maximum atomic E-state index is 6.01. The van der Waals surface area contributed by atoms with Crippen molar-refractivity contribution >= 4 is 12.4 Å². The standard InChI is InChI=1S/C25H29NO3.ClH/c1-4-28-25-15-21(16-26-17-22-7-5-6-8-23(22)27-3)13-14-24(25)29-18-20-11-9-19(2)10-12-20;/h5-15,26H,4,16-18H2,1-3H3;1H. The third kappa shape index (κ3) is 6.68. The average molecular weight is 428 g/mol. The van der Waals surface area contributed by atoms with Crippen LogP contribution in [0, 0.1) is 6.92 Å². The summed E-state index contributed by atoms with van der Waals surface area (Å²) < 4.78 is 17.2. The van der Waals surface area contributed by atoms with Crippen LogP contribution < -0.4 is 19.5 Å². The lowest BCUT2D eigenvalue weighted by molar-refractivity contribution is 0.269. The zero-order valence-electron chi connectivity index (χ0n) is 17.8. The number of nitrogens with one attached hydrogen (secondary N) is 1. The smallest absolute Gasteiger partial charge is 0.161 e. The third-order valence-corrected chi connectivity index (χ3v) is 4.66. The molecule has 0 spiro atoms. The summed E-state index contributed by atoms with van der Waals surface area (Å²) in [5, 5.41) is 3.47. The first kappa shape index (κ1) is 23.6. The highest BCUT2D eigenvalue weighted by atomic mass is 35.5. The van der Waals surface area contributed by atoms with Crippen molar-refractivity contribution in [2.24, 2.45) is 0 Å². The molecule has 5 heteroatoms. The van der Waals surface area contributed by atoms with Crippen molar-refractivity contribution in [1.29, 1.82) is 0 Å². The quantitative estimate of drug-likeness (QED) is 0.451. The molecule has 0 saturated carbocycles. The minimum absolute atomic E-state index is 0. The summed E-state index contributed by atoms with van der Waals surface area (Å²) in [4.78, 5) is 0. The van der Waals surface area contributed by atoms with Gasteiger partial charge in [-0.2, -0.15) is 0 Å². The Kier molecular flexibility index (Phi) is 9.52. The lowest BCUT2D eigenvalue weighted by Gasteiger charge is -2.14. The summed E-state index contributed by atoms with van der Waals surface area (Å²) >= 11 is 0. The molecule has 3 aromatic rings. The summed E-state index contributed by atoms with van der Waals surface area (Å²) in [6, 6.07) is 22.5. The van der Waals surface area contributed by atoms with E-state index in [-0.39, 0.29) is 12.4 Å². The van der Waals surface area contributed by atoms with E-state index in [2.05, 4.69) is 48.6 Å². The van der Waals surface area contributed by atoms with Gasteiger partial charge < -0.3 is 19.5 Å². The van der Waals surface area contributed by atoms with Gasteiger partial charge in [-0.3, -0.25) is 0 Å².